The maximum Gasteiger partial charge on any atom is 0.325 e. The highest BCUT2D eigenvalue weighted by molar-refractivity contribution is 7.98. The van der Waals surface area contributed by atoms with E-state index in [1.807, 2.05) is 6.26 Å². The van der Waals surface area contributed by atoms with Crippen LogP contribution in [0, 0.1) is 0 Å². The molecule has 0 heterocycles. The Bertz CT molecular complexity index is 534. The third-order valence-corrected chi connectivity index (χ3v) is 4.61. The van der Waals surface area contributed by atoms with Crippen molar-refractivity contribution in [2.75, 3.05) is 17.8 Å². The van der Waals surface area contributed by atoms with Gasteiger partial charge in [0.15, 0.2) is 0 Å². The minimum Gasteiger partial charge on any atom is -0.480 e. The first kappa shape index (κ1) is 25.5. The Labute approximate surface area is 167 Å². The first-order valence-electron chi connectivity index (χ1n) is 8.22. The molecular formula is C15H28N4O6S2. The lowest BCUT2D eigenvalue weighted by atomic mass is 10.1. The molecule has 0 radical (unpaired) electrons. The van der Waals surface area contributed by atoms with Gasteiger partial charge in [-0.3, -0.25) is 19.2 Å². The van der Waals surface area contributed by atoms with Gasteiger partial charge in [-0.2, -0.15) is 24.4 Å². The van der Waals surface area contributed by atoms with Crippen molar-refractivity contribution in [1.82, 2.24) is 16.0 Å². The lowest BCUT2D eigenvalue weighted by molar-refractivity contribution is -0.142. The van der Waals surface area contributed by atoms with E-state index in [4.69, 9.17) is 10.8 Å². The summed E-state index contributed by atoms with van der Waals surface area (Å²) < 4.78 is 0. The summed E-state index contributed by atoms with van der Waals surface area (Å²) >= 11 is 5.34. The summed E-state index contributed by atoms with van der Waals surface area (Å²) in [6.45, 7) is 2.60. The zero-order valence-corrected chi connectivity index (χ0v) is 17.2. The number of hydrogen-bond donors (Lipinski definition) is 7. The van der Waals surface area contributed by atoms with E-state index in [-0.39, 0.29) is 12.2 Å². The van der Waals surface area contributed by atoms with Gasteiger partial charge in [-0.25, -0.2) is 0 Å². The first-order chi connectivity index (χ1) is 12.5. The number of carbonyl (C=O) groups is 4. The van der Waals surface area contributed by atoms with E-state index >= 15 is 0 Å². The van der Waals surface area contributed by atoms with Crippen LogP contribution in [0.25, 0.3) is 0 Å². The molecule has 0 aliphatic carbocycles. The summed E-state index contributed by atoms with van der Waals surface area (Å²) in [6, 6.07) is -4.45. The van der Waals surface area contributed by atoms with Gasteiger partial charge in [-0.15, -0.1) is 0 Å². The van der Waals surface area contributed by atoms with Gasteiger partial charge >= 0.3 is 5.97 Å². The number of carbonyl (C=O) groups excluding carboxylic acids is 3. The monoisotopic (exact) mass is 424 g/mol. The van der Waals surface area contributed by atoms with E-state index in [1.54, 1.807) is 0 Å². The zero-order valence-electron chi connectivity index (χ0n) is 15.5. The third-order valence-electron chi connectivity index (χ3n) is 3.57. The zero-order chi connectivity index (χ0) is 21.1. The predicted octanol–water partition coefficient (Wildman–Crippen LogP) is -2.06. The molecule has 0 rings (SSSR count). The van der Waals surface area contributed by atoms with E-state index in [1.165, 1.54) is 25.6 Å². The Kier molecular flexibility index (Phi) is 12.1. The maximum absolute atomic E-state index is 12.5. The van der Waals surface area contributed by atoms with Crippen molar-refractivity contribution in [2.24, 2.45) is 5.73 Å². The second-order valence-electron chi connectivity index (χ2n) is 5.93. The number of aliphatic hydroxyl groups is 1. The van der Waals surface area contributed by atoms with Crippen LogP contribution in [0.5, 0.6) is 0 Å². The van der Waals surface area contributed by atoms with E-state index in [0.29, 0.717) is 5.75 Å². The highest BCUT2D eigenvalue weighted by atomic mass is 32.2. The van der Waals surface area contributed by atoms with Gasteiger partial charge < -0.3 is 31.9 Å². The highest BCUT2D eigenvalue weighted by Crippen LogP contribution is 2.04. The van der Waals surface area contributed by atoms with Crippen molar-refractivity contribution in [3.8, 4) is 0 Å². The van der Waals surface area contributed by atoms with Gasteiger partial charge in [-0.05, 0) is 32.3 Å². The van der Waals surface area contributed by atoms with Crippen molar-refractivity contribution in [1.29, 1.82) is 0 Å². The Morgan fingerprint density at radius 3 is 2.11 bits per heavy atom. The maximum atomic E-state index is 12.5. The van der Waals surface area contributed by atoms with Crippen LogP contribution in [0.4, 0.5) is 0 Å². The van der Waals surface area contributed by atoms with Crippen LogP contribution in [0.15, 0.2) is 0 Å². The van der Waals surface area contributed by atoms with Gasteiger partial charge in [0.05, 0.1) is 12.1 Å². The van der Waals surface area contributed by atoms with Crippen LogP contribution in [0.3, 0.4) is 0 Å². The molecule has 0 saturated carbocycles. The highest BCUT2D eigenvalue weighted by Gasteiger charge is 2.31. The average Bonchev–Trinajstić information content (AvgIpc) is 2.61. The molecule has 0 aliphatic heterocycles. The Hall–Kier alpha value is -1.50. The van der Waals surface area contributed by atoms with E-state index < -0.39 is 54.0 Å². The second-order valence-corrected chi connectivity index (χ2v) is 7.28. The van der Waals surface area contributed by atoms with Crippen molar-refractivity contribution in [2.45, 2.75) is 50.5 Å². The molecule has 156 valence electrons. The fraction of sp³-hybridized carbons (Fsp3) is 0.733. The van der Waals surface area contributed by atoms with Gasteiger partial charge in [0.1, 0.15) is 18.1 Å². The SMILES string of the molecule is CSCCC(NC(=O)C(NC(=O)C(N)CS)C(C)O)C(=O)NC(C)C(=O)O. The lowest BCUT2D eigenvalue weighted by Crippen LogP contribution is -2.59. The smallest absolute Gasteiger partial charge is 0.325 e. The molecule has 0 aliphatic rings. The van der Waals surface area contributed by atoms with Crippen LogP contribution >= 0.6 is 24.4 Å². The number of carboxylic acids is 1. The molecule has 10 nitrogen and oxygen atoms in total. The van der Waals surface area contributed by atoms with Crippen LogP contribution in [0.1, 0.15) is 20.3 Å². The summed E-state index contributed by atoms with van der Waals surface area (Å²) in [5.41, 5.74) is 5.54. The molecule has 0 aromatic rings. The van der Waals surface area contributed by atoms with Crippen molar-refractivity contribution < 1.29 is 29.4 Å². The van der Waals surface area contributed by atoms with Crippen LogP contribution < -0.4 is 21.7 Å². The number of thioether (sulfide) groups is 1. The minimum absolute atomic E-state index is 0.0474. The summed E-state index contributed by atoms with van der Waals surface area (Å²) in [7, 11) is 0. The first-order valence-corrected chi connectivity index (χ1v) is 10.2. The normalized spacial score (nSPS) is 16.4. The molecule has 0 aromatic heterocycles. The molecular weight excluding hydrogens is 396 g/mol. The number of aliphatic carboxylic acids is 1. The summed E-state index contributed by atoms with van der Waals surface area (Å²) in [6.07, 6.45) is 0.805. The second kappa shape index (κ2) is 12.8. The van der Waals surface area contributed by atoms with Gasteiger partial charge in [0.2, 0.25) is 17.7 Å². The molecule has 0 spiro atoms. The van der Waals surface area contributed by atoms with Crippen molar-refractivity contribution in [3.63, 3.8) is 0 Å². The number of thiol groups is 1. The fourth-order valence-corrected chi connectivity index (χ4v) is 2.53. The Morgan fingerprint density at radius 2 is 1.67 bits per heavy atom. The van der Waals surface area contributed by atoms with Gasteiger partial charge in [-0.1, -0.05) is 0 Å². The van der Waals surface area contributed by atoms with Crippen LogP contribution in [0.2, 0.25) is 0 Å². The lowest BCUT2D eigenvalue weighted by Gasteiger charge is -2.25. The number of nitrogens with one attached hydrogen (secondary N) is 3. The number of aliphatic hydroxyl groups excluding tert-OH is 1. The molecule has 12 heteroatoms. The Morgan fingerprint density at radius 1 is 1.07 bits per heavy atom. The summed E-state index contributed by atoms with van der Waals surface area (Å²) in [5.74, 6) is -2.77. The fourth-order valence-electron chi connectivity index (χ4n) is 1.89. The van der Waals surface area contributed by atoms with Crippen molar-refractivity contribution in [3.05, 3.63) is 0 Å². The van der Waals surface area contributed by atoms with E-state index in [2.05, 4.69) is 28.6 Å². The number of rotatable bonds is 12. The number of amides is 3. The van der Waals surface area contributed by atoms with Gasteiger partial charge in [0, 0.05) is 5.75 Å². The average molecular weight is 425 g/mol. The Balaban J connectivity index is 5.17. The van der Waals surface area contributed by atoms with Crippen LogP contribution in [-0.4, -0.2) is 81.9 Å². The van der Waals surface area contributed by atoms with Gasteiger partial charge in [0.25, 0.3) is 0 Å². The molecule has 5 unspecified atom stereocenters. The van der Waals surface area contributed by atoms with Crippen LogP contribution in [-0.2, 0) is 19.2 Å². The van der Waals surface area contributed by atoms with Crippen molar-refractivity contribution >= 4 is 48.1 Å². The molecule has 7 N–H and O–H groups in total. The molecule has 0 saturated heterocycles. The summed E-state index contributed by atoms with van der Waals surface area (Å²) in [5, 5.41) is 25.8. The predicted molar refractivity (Wildman–Crippen MR) is 106 cm³/mol. The topological polar surface area (TPSA) is 171 Å². The largest absolute Gasteiger partial charge is 0.480 e. The standard InChI is InChI=1S/C15H28N4O6S2/c1-7(15(24)25)17-13(22)10(4-5-27-3)18-14(23)11(8(2)20)19-12(21)9(16)6-26/h7-11,20,26H,4-6,16H2,1-3H3,(H,17,22)(H,18,23)(H,19,21)(H,24,25). The number of carboxylic acid groups (broad SMARTS) is 1. The molecule has 27 heavy (non-hydrogen) atoms. The third kappa shape index (κ3) is 9.31. The minimum atomic E-state index is -1.33. The molecule has 0 fully saturated rings. The number of hydrogen-bond acceptors (Lipinski definition) is 8. The molecule has 5 atom stereocenters. The molecule has 3 amide bonds. The molecule has 0 bridgehead atoms. The van der Waals surface area contributed by atoms with E-state index in [0.717, 1.165) is 0 Å². The number of nitrogens with two attached hydrogens (primary N) is 1. The molecule has 0 aromatic carbocycles. The summed E-state index contributed by atoms with van der Waals surface area (Å²) in [4.78, 5) is 47.6. The quantitative estimate of drug-likeness (QED) is 0.175. The van der Waals surface area contributed by atoms with E-state index in [9.17, 15) is 24.3 Å².